The number of amides is 1. The van der Waals surface area contributed by atoms with Crippen LogP contribution in [0.2, 0.25) is 0 Å². The predicted molar refractivity (Wildman–Crippen MR) is 52.7 cm³/mol. The number of carbonyl (C=O) groups excluding carboxylic acids is 1. The Bertz CT molecular complexity index is 236. The third-order valence-electron chi connectivity index (χ3n) is 3.27. The van der Waals surface area contributed by atoms with E-state index in [0.29, 0.717) is 31.6 Å². The first-order valence-corrected chi connectivity index (χ1v) is 5.33. The Morgan fingerprint density at radius 3 is 3.00 bits per heavy atom. The van der Waals surface area contributed by atoms with Gasteiger partial charge in [-0.3, -0.25) is 4.79 Å². The standard InChI is InChI=1S/C10H18N2O2/c1-2-7-5-8(7)12-9(13)10(11)3-4-14-6-10/h7-8H,2-6,11H2,1H3,(H,12,13). The number of hydrogen-bond donors (Lipinski definition) is 2. The number of rotatable bonds is 3. The number of carbonyl (C=O) groups is 1. The highest BCUT2D eigenvalue weighted by atomic mass is 16.5. The van der Waals surface area contributed by atoms with E-state index >= 15 is 0 Å². The summed E-state index contributed by atoms with van der Waals surface area (Å²) in [5.41, 5.74) is 5.17. The highest BCUT2D eigenvalue weighted by Crippen LogP contribution is 2.33. The van der Waals surface area contributed by atoms with E-state index in [0.717, 1.165) is 12.8 Å². The van der Waals surface area contributed by atoms with Gasteiger partial charge >= 0.3 is 0 Å². The monoisotopic (exact) mass is 198 g/mol. The van der Waals surface area contributed by atoms with E-state index in [1.807, 2.05) is 0 Å². The second kappa shape index (κ2) is 3.51. The smallest absolute Gasteiger partial charge is 0.242 e. The Balaban J connectivity index is 1.83. The molecule has 0 radical (unpaired) electrons. The predicted octanol–water partition coefficient (Wildman–Crippen LogP) is 0.0189. The molecule has 4 heteroatoms. The summed E-state index contributed by atoms with van der Waals surface area (Å²) in [5, 5.41) is 2.99. The molecule has 2 rings (SSSR count). The van der Waals surface area contributed by atoms with Crippen molar-refractivity contribution in [2.75, 3.05) is 13.2 Å². The molecule has 1 heterocycles. The van der Waals surface area contributed by atoms with E-state index < -0.39 is 5.54 Å². The van der Waals surface area contributed by atoms with Crippen LogP contribution < -0.4 is 11.1 Å². The summed E-state index contributed by atoms with van der Waals surface area (Å²) < 4.78 is 5.15. The molecule has 3 N–H and O–H groups in total. The Morgan fingerprint density at radius 1 is 1.71 bits per heavy atom. The molecule has 2 fully saturated rings. The van der Waals surface area contributed by atoms with Crippen LogP contribution in [-0.4, -0.2) is 30.7 Å². The number of ether oxygens (including phenoxy) is 1. The van der Waals surface area contributed by atoms with Gasteiger partial charge in [-0.2, -0.15) is 0 Å². The molecular weight excluding hydrogens is 180 g/mol. The summed E-state index contributed by atoms with van der Waals surface area (Å²) in [7, 11) is 0. The number of hydrogen-bond acceptors (Lipinski definition) is 3. The van der Waals surface area contributed by atoms with Gasteiger partial charge in [-0.25, -0.2) is 0 Å². The molecule has 2 aliphatic rings. The average Bonchev–Trinajstić information content (AvgIpc) is 2.77. The van der Waals surface area contributed by atoms with Gasteiger partial charge in [-0.1, -0.05) is 13.3 Å². The number of nitrogens with two attached hydrogens (primary N) is 1. The number of nitrogens with one attached hydrogen (secondary N) is 1. The first kappa shape index (κ1) is 9.93. The van der Waals surface area contributed by atoms with Crippen LogP contribution >= 0.6 is 0 Å². The quantitative estimate of drug-likeness (QED) is 0.672. The summed E-state index contributed by atoms with van der Waals surface area (Å²) >= 11 is 0. The third kappa shape index (κ3) is 1.77. The van der Waals surface area contributed by atoms with Crippen LogP contribution in [0.25, 0.3) is 0 Å². The maximum atomic E-state index is 11.8. The van der Waals surface area contributed by atoms with Gasteiger partial charge in [0.1, 0.15) is 5.54 Å². The molecule has 3 unspecified atom stereocenters. The normalized spacial score (nSPS) is 41.0. The van der Waals surface area contributed by atoms with Crippen LogP contribution in [0.1, 0.15) is 26.2 Å². The summed E-state index contributed by atoms with van der Waals surface area (Å²) in [6.07, 6.45) is 2.89. The molecule has 3 atom stereocenters. The molecular formula is C10H18N2O2. The molecule has 14 heavy (non-hydrogen) atoms. The summed E-state index contributed by atoms with van der Waals surface area (Å²) in [6, 6.07) is 0.369. The van der Waals surface area contributed by atoms with Gasteiger partial charge in [0.25, 0.3) is 0 Å². The zero-order valence-electron chi connectivity index (χ0n) is 8.58. The maximum Gasteiger partial charge on any atom is 0.242 e. The third-order valence-corrected chi connectivity index (χ3v) is 3.27. The van der Waals surface area contributed by atoms with Crippen LogP contribution in [0, 0.1) is 5.92 Å². The molecule has 0 spiro atoms. The lowest BCUT2D eigenvalue weighted by atomic mass is 9.99. The van der Waals surface area contributed by atoms with Crippen LogP contribution in [-0.2, 0) is 9.53 Å². The minimum atomic E-state index is -0.763. The van der Waals surface area contributed by atoms with Crippen molar-refractivity contribution < 1.29 is 9.53 Å². The van der Waals surface area contributed by atoms with Gasteiger partial charge in [0, 0.05) is 12.6 Å². The first-order valence-electron chi connectivity index (χ1n) is 5.33. The van der Waals surface area contributed by atoms with E-state index in [2.05, 4.69) is 12.2 Å². The molecule has 0 aromatic heterocycles. The molecule has 1 amide bonds. The van der Waals surface area contributed by atoms with Crippen molar-refractivity contribution in [3.05, 3.63) is 0 Å². The Labute approximate surface area is 84.2 Å². The minimum absolute atomic E-state index is 0.0315. The van der Waals surface area contributed by atoms with Crippen LogP contribution in [0.15, 0.2) is 0 Å². The fourth-order valence-electron chi connectivity index (χ4n) is 1.95. The fraction of sp³-hybridized carbons (Fsp3) is 0.900. The van der Waals surface area contributed by atoms with Crippen molar-refractivity contribution in [1.82, 2.24) is 5.32 Å². The highest BCUT2D eigenvalue weighted by Gasteiger charge is 2.43. The lowest BCUT2D eigenvalue weighted by Crippen LogP contribution is -2.55. The van der Waals surface area contributed by atoms with Crippen molar-refractivity contribution in [2.45, 2.75) is 37.8 Å². The van der Waals surface area contributed by atoms with Gasteiger partial charge in [-0.05, 0) is 18.8 Å². The summed E-state index contributed by atoms with van der Waals surface area (Å²) in [5.74, 6) is 0.640. The van der Waals surface area contributed by atoms with E-state index in [1.165, 1.54) is 0 Å². The molecule has 1 aliphatic carbocycles. The second-order valence-corrected chi connectivity index (χ2v) is 4.44. The molecule has 4 nitrogen and oxygen atoms in total. The Morgan fingerprint density at radius 2 is 2.50 bits per heavy atom. The average molecular weight is 198 g/mol. The zero-order valence-corrected chi connectivity index (χ0v) is 8.58. The van der Waals surface area contributed by atoms with Crippen molar-refractivity contribution in [1.29, 1.82) is 0 Å². The summed E-state index contributed by atoms with van der Waals surface area (Å²) in [6.45, 7) is 3.11. The minimum Gasteiger partial charge on any atom is -0.379 e. The molecule has 80 valence electrons. The van der Waals surface area contributed by atoms with E-state index in [1.54, 1.807) is 0 Å². The van der Waals surface area contributed by atoms with Gasteiger partial charge in [0.05, 0.1) is 6.61 Å². The van der Waals surface area contributed by atoms with Gasteiger partial charge < -0.3 is 15.8 Å². The second-order valence-electron chi connectivity index (χ2n) is 4.44. The van der Waals surface area contributed by atoms with Crippen molar-refractivity contribution in [2.24, 2.45) is 11.7 Å². The highest BCUT2D eigenvalue weighted by molar-refractivity contribution is 5.87. The lowest BCUT2D eigenvalue weighted by molar-refractivity contribution is -0.126. The topological polar surface area (TPSA) is 64.4 Å². The van der Waals surface area contributed by atoms with E-state index in [4.69, 9.17) is 10.5 Å². The molecule has 0 bridgehead atoms. The Hall–Kier alpha value is -0.610. The van der Waals surface area contributed by atoms with Crippen molar-refractivity contribution >= 4 is 5.91 Å². The van der Waals surface area contributed by atoms with E-state index in [-0.39, 0.29) is 5.91 Å². The molecule has 1 saturated heterocycles. The SMILES string of the molecule is CCC1CC1NC(=O)C1(N)CCOC1. The van der Waals surface area contributed by atoms with Crippen LogP contribution in [0.4, 0.5) is 0 Å². The van der Waals surface area contributed by atoms with Crippen molar-refractivity contribution in [3.8, 4) is 0 Å². The summed E-state index contributed by atoms with van der Waals surface area (Å²) in [4.78, 5) is 11.8. The van der Waals surface area contributed by atoms with Gasteiger partial charge in [0.15, 0.2) is 0 Å². The Kier molecular flexibility index (Phi) is 2.49. The van der Waals surface area contributed by atoms with Crippen LogP contribution in [0.5, 0.6) is 0 Å². The fourth-order valence-corrected chi connectivity index (χ4v) is 1.95. The van der Waals surface area contributed by atoms with Gasteiger partial charge in [-0.15, -0.1) is 0 Å². The van der Waals surface area contributed by atoms with Crippen LogP contribution in [0.3, 0.4) is 0 Å². The lowest BCUT2D eigenvalue weighted by Gasteiger charge is -2.20. The molecule has 1 aliphatic heterocycles. The van der Waals surface area contributed by atoms with E-state index in [9.17, 15) is 4.79 Å². The molecule has 1 saturated carbocycles. The first-order chi connectivity index (χ1) is 6.65. The van der Waals surface area contributed by atoms with Gasteiger partial charge in [0.2, 0.25) is 5.91 Å². The zero-order chi connectivity index (χ0) is 10.2. The molecule has 0 aromatic rings. The molecule has 0 aromatic carbocycles. The largest absolute Gasteiger partial charge is 0.379 e. The van der Waals surface area contributed by atoms with Crippen molar-refractivity contribution in [3.63, 3.8) is 0 Å². The maximum absolute atomic E-state index is 11.8.